The lowest BCUT2D eigenvalue weighted by atomic mass is 10.1. The molecule has 0 saturated carbocycles. The summed E-state index contributed by atoms with van der Waals surface area (Å²) >= 11 is 6.08. The number of piperidine rings is 1. The van der Waals surface area contributed by atoms with Gasteiger partial charge < -0.3 is 10.2 Å². The molecule has 1 atom stereocenters. The smallest absolute Gasteiger partial charge is 0.227 e. The lowest BCUT2D eigenvalue weighted by Crippen LogP contribution is -2.31. The highest BCUT2D eigenvalue weighted by Crippen LogP contribution is 2.31. The molecular formula is C16H23ClN2O. The van der Waals surface area contributed by atoms with Gasteiger partial charge >= 0.3 is 0 Å². The normalized spacial score (nSPS) is 16.9. The number of hydrogen-bond donors (Lipinski definition) is 1. The highest BCUT2D eigenvalue weighted by Gasteiger charge is 2.18. The Hall–Kier alpha value is -1.22. The molecule has 1 heterocycles. The average Bonchev–Trinajstić information content (AvgIpc) is 2.47. The first-order valence-electron chi connectivity index (χ1n) is 7.47. The Morgan fingerprint density at radius 1 is 1.35 bits per heavy atom. The van der Waals surface area contributed by atoms with E-state index in [1.165, 1.54) is 19.3 Å². The number of halogens is 1. The second-order valence-electron chi connectivity index (χ2n) is 5.51. The number of nitrogens with zero attached hydrogens (tertiary/aromatic N) is 1. The Labute approximate surface area is 126 Å². The van der Waals surface area contributed by atoms with E-state index in [-0.39, 0.29) is 11.8 Å². The van der Waals surface area contributed by atoms with Gasteiger partial charge in [0, 0.05) is 24.0 Å². The van der Waals surface area contributed by atoms with Crippen molar-refractivity contribution in [3.8, 4) is 0 Å². The number of amides is 1. The zero-order valence-corrected chi connectivity index (χ0v) is 13.0. The molecule has 2 rings (SSSR count). The van der Waals surface area contributed by atoms with Gasteiger partial charge in [-0.1, -0.05) is 25.4 Å². The molecule has 0 spiro atoms. The minimum absolute atomic E-state index is 0.0168. The van der Waals surface area contributed by atoms with Crippen molar-refractivity contribution in [3.63, 3.8) is 0 Å². The van der Waals surface area contributed by atoms with Gasteiger partial charge in [0.15, 0.2) is 0 Å². The molecule has 1 aliphatic heterocycles. The van der Waals surface area contributed by atoms with Crippen LogP contribution >= 0.6 is 11.6 Å². The zero-order chi connectivity index (χ0) is 14.5. The van der Waals surface area contributed by atoms with E-state index >= 15 is 0 Å². The summed E-state index contributed by atoms with van der Waals surface area (Å²) in [6.45, 7) is 6.07. The van der Waals surface area contributed by atoms with Gasteiger partial charge in [0.2, 0.25) is 5.91 Å². The maximum atomic E-state index is 12.1. The van der Waals surface area contributed by atoms with Gasteiger partial charge in [0.05, 0.1) is 11.4 Å². The molecule has 1 aromatic rings. The average molecular weight is 295 g/mol. The van der Waals surface area contributed by atoms with Crippen LogP contribution in [-0.2, 0) is 4.79 Å². The quantitative estimate of drug-likeness (QED) is 0.897. The molecule has 0 radical (unpaired) electrons. The summed E-state index contributed by atoms with van der Waals surface area (Å²) in [5.41, 5.74) is 1.93. The topological polar surface area (TPSA) is 32.3 Å². The Balaban J connectivity index is 2.21. The van der Waals surface area contributed by atoms with Crippen LogP contribution in [0.3, 0.4) is 0 Å². The fraction of sp³-hybridized carbons (Fsp3) is 0.562. The van der Waals surface area contributed by atoms with Crippen LogP contribution in [0.1, 0.15) is 39.5 Å². The van der Waals surface area contributed by atoms with Crippen molar-refractivity contribution in [3.05, 3.63) is 23.2 Å². The van der Waals surface area contributed by atoms with Gasteiger partial charge in [-0.3, -0.25) is 4.79 Å². The van der Waals surface area contributed by atoms with E-state index in [9.17, 15) is 4.79 Å². The first kappa shape index (κ1) is 15.2. The fourth-order valence-electron chi connectivity index (χ4n) is 2.46. The number of carbonyl (C=O) groups excluding carboxylic acids is 1. The maximum absolute atomic E-state index is 12.1. The SMILES string of the molecule is CCC(C)C(=O)Nc1cc(Cl)ccc1N1CCCCC1. The van der Waals surface area contributed by atoms with E-state index in [2.05, 4.69) is 10.2 Å². The van der Waals surface area contributed by atoms with Gasteiger partial charge in [-0.05, 0) is 43.9 Å². The van der Waals surface area contributed by atoms with Crippen molar-refractivity contribution in [1.82, 2.24) is 0 Å². The number of rotatable bonds is 4. The van der Waals surface area contributed by atoms with Crippen molar-refractivity contribution in [1.29, 1.82) is 0 Å². The molecule has 1 amide bonds. The molecule has 110 valence electrons. The summed E-state index contributed by atoms with van der Waals surface area (Å²) in [6, 6.07) is 5.76. The molecule has 0 aliphatic carbocycles. The molecule has 1 fully saturated rings. The minimum Gasteiger partial charge on any atom is -0.370 e. The van der Waals surface area contributed by atoms with E-state index in [1.807, 2.05) is 32.0 Å². The molecule has 0 bridgehead atoms. The predicted octanol–water partition coefficient (Wildman–Crippen LogP) is 4.31. The largest absolute Gasteiger partial charge is 0.370 e. The van der Waals surface area contributed by atoms with E-state index < -0.39 is 0 Å². The molecule has 1 N–H and O–H groups in total. The van der Waals surface area contributed by atoms with Crippen LogP contribution in [0.25, 0.3) is 0 Å². The van der Waals surface area contributed by atoms with Crippen LogP contribution in [0.2, 0.25) is 5.02 Å². The molecule has 4 heteroatoms. The maximum Gasteiger partial charge on any atom is 0.227 e. The Morgan fingerprint density at radius 2 is 2.05 bits per heavy atom. The molecule has 1 aliphatic rings. The van der Waals surface area contributed by atoms with Gasteiger partial charge in [-0.2, -0.15) is 0 Å². The third-order valence-electron chi connectivity index (χ3n) is 3.97. The minimum atomic E-state index is 0.0168. The Morgan fingerprint density at radius 3 is 2.70 bits per heavy atom. The molecule has 1 unspecified atom stereocenters. The molecule has 1 saturated heterocycles. The predicted molar refractivity (Wildman–Crippen MR) is 85.6 cm³/mol. The summed E-state index contributed by atoms with van der Waals surface area (Å²) in [5.74, 6) is 0.0798. The van der Waals surface area contributed by atoms with Crippen LogP contribution in [0.4, 0.5) is 11.4 Å². The summed E-state index contributed by atoms with van der Waals surface area (Å²) in [5, 5.41) is 3.69. The van der Waals surface area contributed by atoms with Crippen LogP contribution in [0.15, 0.2) is 18.2 Å². The standard InChI is InChI=1S/C16H23ClN2O/c1-3-12(2)16(20)18-14-11-13(17)7-8-15(14)19-9-5-4-6-10-19/h7-8,11-12H,3-6,9-10H2,1-2H3,(H,18,20). The van der Waals surface area contributed by atoms with Gasteiger partial charge in [-0.25, -0.2) is 0 Å². The highest BCUT2D eigenvalue weighted by atomic mass is 35.5. The lowest BCUT2D eigenvalue weighted by Gasteiger charge is -2.30. The molecule has 0 aromatic heterocycles. The third-order valence-corrected chi connectivity index (χ3v) is 4.21. The Kier molecular flexibility index (Phi) is 5.30. The van der Waals surface area contributed by atoms with Gasteiger partial charge in [0.25, 0.3) is 0 Å². The van der Waals surface area contributed by atoms with Crippen molar-refractivity contribution in [2.45, 2.75) is 39.5 Å². The van der Waals surface area contributed by atoms with E-state index in [0.29, 0.717) is 5.02 Å². The summed E-state index contributed by atoms with van der Waals surface area (Å²) in [7, 11) is 0. The summed E-state index contributed by atoms with van der Waals surface area (Å²) in [4.78, 5) is 14.5. The van der Waals surface area contributed by atoms with Crippen LogP contribution in [0.5, 0.6) is 0 Å². The van der Waals surface area contributed by atoms with E-state index in [1.54, 1.807) is 0 Å². The summed E-state index contributed by atoms with van der Waals surface area (Å²) in [6.07, 6.45) is 4.55. The third kappa shape index (κ3) is 3.66. The Bertz CT molecular complexity index is 470. The second kappa shape index (κ2) is 6.98. The highest BCUT2D eigenvalue weighted by molar-refractivity contribution is 6.31. The fourth-order valence-corrected chi connectivity index (χ4v) is 2.63. The van der Waals surface area contributed by atoms with Crippen LogP contribution in [-0.4, -0.2) is 19.0 Å². The molecular weight excluding hydrogens is 272 g/mol. The van der Waals surface area contributed by atoms with Gasteiger partial charge in [0.1, 0.15) is 0 Å². The van der Waals surface area contributed by atoms with Crippen molar-refractivity contribution < 1.29 is 4.79 Å². The number of hydrogen-bond acceptors (Lipinski definition) is 2. The number of nitrogens with one attached hydrogen (secondary N) is 1. The van der Waals surface area contributed by atoms with E-state index in [0.717, 1.165) is 30.9 Å². The van der Waals surface area contributed by atoms with Crippen molar-refractivity contribution in [2.75, 3.05) is 23.3 Å². The van der Waals surface area contributed by atoms with Crippen molar-refractivity contribution in [2.24, 2.45) is 5.92 Å². The first-order chi connectivity index (χ1) is 9.61. The number of benzene rings is 1. The second-order valence-corrected chi connectivity index (χ2v) is 5.94. The number of carbonyl (C=O) groups is 1. The molecule has 3 nitrogen and oxygen atoms in total. The van der Waals surface area contributed by atoms with Crippen molar-refractivity contribution >= 4 is 28.9 Å². The lowest BCUT2D eigenvalue weighted by molar-refractivity contribution is -0.119. The molecule has 20 heavy (non-hydrogen) atoms. The van der Waals surface area contributed by atoms with Gasteiger partial charge in [-0.15, -0.1) is 0 Å². The van der Waals surface area contributed by atoms with Crippen LogP contribution < -0.4 is 10.2 Å². The zero-order valence-electron chi connectivity index (χ0n) is 12.3. The van der Waals surface area contributed by atoms with E-state index in [4.69, 9.17) is 11.6 Å². The number of anilines is 2. The summed E-state index contributed by atoms with van der Waals surface area (Å²) < 4.78 is 0. The molecule has 1 aromatic carbocycles. The first-order valence-corrected chi connectivity index (χ1v) is 7.85. The van der Waals surface area contributed by atoms with Crippen LogP contribution in [0, 0.1) is 5.92 Å². The monoisotopic (exact) mass is 294 g/mol.